The SMILES string of the molecule is C=C(O)C(F)(F)F.O=C1NC(CCCOCc2ccccc2)Cc2[nH]c(-c3ccnc(-c4ccccc4F)c3)cc21. The van der Waals surface area contributed by atoms with Gasteiger partial charge in [0.2, 0.25) is 0 Å². The van der Waals surface area contributed by atoms with Crippen LogP contribution in [0.4, 0.5) is 17.6 Å². The first-order valence-electron chi connectivity index (χ1n) is 12.9. The van der Waals surface area contributed by atoms with Crippen molar-refractivity contribution in [2.75, 3.05) is 6.61 Å². The number of aliphatic hydroxyl groups is 1. The average Bonchev–Trinajstić information content (AvgIpc) is 3.39. The quantitative estimate of drug-likeness (QED) is 0.120. The number of benzene rings is 2. The number of pyridine rings is 1. The van der Waals surface area contributed by atoms with Crippen molar-refractivity contribution in [3.63, 3.8) is 0 Å². The predicted octanol–water partition coefficient (Wildman–Crippen LogP) is 7.15. The summed E-state index contributed by atoms with van der Waals surface area (Å²) in [5.74, 6) is -2.14. The maximum absolute atomic E-state index is 14.2. The van der Waals surface area contributed by atoms with Gasteiger partial charge in [-0.2, -0.15) is 13.2 Å². The standard InChI is InChI=1S/C28H26FN3O2.C3H3F3O/c29-24-11-5-4-10-22(24)26-15-20(12-13-30-26)25-17-23-27(32-25)16-21(31-28(23)33)9-6-14-34-18-19-7-2-1-3-8-19;1-2(7)3(4,5)6/h1-5,7-8,10-13,15,17,21,32H,6,9,14,16,18H2,(H,31,33);7H,1H2. The highest BCUT2D eigenvalue weighted by Gasteiger charge is 2.31. The van der Waals surface area contributed by atoms with E-state index in [9.17, 15) is 22.4 Å². The highest BCUT2D eigenvalue weighted by Crippen LogP contribution is 2.29. The Labute approximate surface area is 234 Å². The second-order valence-electron chi connectivity index (χ2n) is 9.48. The molecule has 0 saturated heterocycles. The smallest absolute Gasteiger partial charge is 0.448 e. The molecule has 1 atom stereocenters. The number of carbonyl (C=O) groups excluding carboxylic acids is 1. The number of allylic oxidation sites excluding steroid dienone is 1. The number of aliphatic hydroxyl groups excluding tert-OH is 1. The molecule has 6 nitrogen and oxygen atoms in total. The molecular weight excluding hydrogens is 538 g/mol. The van der Waals surface area contributed by atoms with E-state index in [0.717, 1.165) is 41.8 Å². The fourth-order valence-corrected chi connectivity index (χ4v) is 4.36. The first-order chi connectivity index (χ1) is 19.6. The Bertz CT molecular complexity index is 1490. The summed E-state index contributed by atoms with van der Waals surface area (Å²) in [6.07, 6.45) is -0.516. The number of nitrogens with zero attached hydrogens (tertiary/aromatic N) is 1. The Kier molecular flexibility index (Phi) is 9.57. The second-order valence-corrected chi connectivity index (χ2v) is 9.48. The molecule has 4 aromatic rings. The van der Waals surface area contributed by atoms with Crippen LogP contribution in [0.15, 0.2) is 91.3 Å². The Balaban J connectivity index is 0.000000493. The van der Waals surface area contributed by atoms with Crippen LogP contribution in [0.3, 0.4) is 0 Å². The van der Waals surface area contributed by atoms with Gasteiger partial charge in [0.05, 0.1) is 17.9 Å². The summed E-state index contributed by atoms with van der Waals surface area (Å²) in [5.41, 5.74) is 5.45. The molecule has 214 valence electrons. The number of aromatic nitrogens is 2. The average molecular weight is 568 g/mol. The molecule has 3 heterocycles. The minimum Gasteiger partial charge on any atom is -0.505 e. The largest absolute Gasteiger partial charge is 0.505 e. The minimum absolute atomic E-state index is 0.0673. The van der Waals surface area contributed by atoms with E-state index in [1.165, 1.54) is 6.07 Å². The van der Waals surface area contributed by atoms with Gasteiger partial charge in [0.25, 0.3) is 5.91 Å². The van der Waals surface area contributed by atoms with Crippen molar-refractivity contribution >= 4 is 5.91 Å². The van der Waals surface area contributed by atoms with Crippen LogP contribution in [0.25, 0.3) is 22.5 Å². The van der Waals surface area contributed by atoms with Crippen molar-refractivity contribution in [3.05, 3.63) is 114 Å². The Morgan fingerprint density at radius 1 is 1.05 bits per heavy atom. The molecule has 1 aliphatic rings. The minimum atomic E-state index is -4.64. The first-order valence-corrected chi connectivity index (χ1v) is 12.9. The number of rotatable bonds is 8. The normalized spacial score (nSPS) is 14.4. The van der Waals surface area contributed by atoms with Crippen molar-refractivity contribution < 1.29 is 32.2 Å². The summed E-state index contributed by atoms with van der Waals surface area (Å²) in [6, 6.07) is 22.3. The lowest BCUT2D eigenvalue weighted by Crippen LogP contribution is -2.41. The molecule has 0 spiro atoms. The van der Waals surface area contributed by atoms with E-state index in [4.69, 9.17) is 9.84 Å². The van der Waals surface area contributed by atoms with Crippen LogP contribution in [-0.4, -0.2) is 39.8 Å². The van der Waals surface area contributed by atoms with E-state index >= 15 is 0 Å². The molecule has 0 aliphatic carbocycles. The molecule has 2 aromatic carbocycles. The third kappa shape index (κ3) is 8.04. The molecule has 41 heavy (non-hydrogen) atoms. The van der Waals surface area contributed by atoms with E-state index in [1.807, 2.05) is 48.5 Å². The maximum Gasteiger partial charge on any atom is 0.448 e. The number of amides is 1. The zero-order valence-electron chi connectivity index (χ0n) is 22.0. The van der Waals surface area contributed by atoms with Crippen molar-refractivity contribution in [1.29, 1.82) is 0 Å². The molecule has 2 aromatic heterocycles. The third-order valence-corrected chi connectivity index (χ3v) is 6.43. The van der Waals surface area contributed by atoms with Crippen LogP contribution in [-0.2, 0) is 17.8 Å². The molecule has 0 saturated carbocycles. The third-order valence-electron chi connectivity index (χ3n) is 6.43. The number of halogens is 4. The lowest BCUT2D eigenvalue weighted by atomic mass is 9.98. The zero-order chi connectivity index (χ0) is 29.4. The van der Waals surface area contributed by atoms with Crippen LogP contribution in [0.5, 0.6) is 0 Å². The Morgan fingerprint density at radius 2 is 1.76 bits per heavy atom. The van der Waals surface area contributed by atoms with Gasteiger partial charge >= 0.3 is 6.18 Å². The lowest BCUT2D eigenvalue weighted by Gasteiger charge is -2.23. The Morgan fingerprint density at radius 3 is 2.46 bits per heavy atom. The van der Waals surface area contributed by atoms with Gasteiger partial charge in [-0.3, -0.25) is 9.78 Å². The Hall–Kier alpha value is -4.44. The summed E-state index contributed by atoms with van der Waals surface area (Å²) >= 11 is 0. The topological polar surface area (TPSA) is 87.2 Å². The van der Waals surface area contributed by atoms with Crippen molar-refractivity contribution in [2.24, 2.45) is 0 Å². The van der Waals surface area contributed by atoms with Crippen molar-refractivity contribution in [1.82, 2.24) is 15.3 Å². The van der Waals surface area contributed by atoms with E-state index in [1.54, 1.807) is 24.4 Å². The number of ether oxygens (including phenoxy) is 1. The summed E-state index contributed by atoms with van der Waals surface area (Å²) < 4.78 is 52.5. The predicted molar refractivity (Wildman–Crippen MR) is 148 cm³/mol. The van der Waals surface area contributed by atoms with Gasteiger partial charge in [-0.05, 0) is 48.7 Å². The zero-order valence-corrected chi connectivity index (χ0v) is 22.0. The monoisotopic (exact) mass is 567 g/mol. The fraction of sp³-hybridized carbons (Fsp3) is 0.226. The summed E-state index contributed by atoms with van der Waals surface area (Å²) in [4.78, 5) is 20.5. The van der Waals surface area contributed by atoms with E-state index in [0.29, 0.717) is 30.0 Å². The summed E-state index contributed by atoms with van der Waals surface area (Å²) in [7, 11) is 0. The molecule has 3 N–H and O–H groups in total. The molecule has 5 rings (SSSR count). The first kappa shape index (κ1) is 29.5. The van der Waals surface area contributed by atoms with E-state index in [-0.39, 0.29) is 17.8 Å². The molecular formula is C31H29F4N3O3. The lowest BCUT2D eigenvalue weighted by molar-refractivity contribution is -0.119. The van der Waals surface area contributed by atoms with Crippen LogP contribution in [0.1, 0.15) is 34.5 Å². The molecule has 0 radical (unpaired) electrons. The molecule has 0 fully saturated rings. The number of hydrogen-bond donors (Lipinski definition) is 3. The number of H-pyrrole nitrogens is 1. The number of hydrogen-bond acceptors (Lipinski definition) is 4. The van der Waals surface area contributed by atoms with Crippen LogP contribution in [0, 0.1) is 5.82 Å². The number of carbonyl (C=O) groups is 1. The van der Waals surface area contributed by atoms with Gasteiger partial charge in [-0.1, -0.05) is 49.0 Å². The van der Waals surface area contributed by atoms with Crippen LogP contribution >= 0.6 is 0 Å². The van der Waals surface area contributed by atoms with E-state index in [2.05, 4.69) is 21.9 Å². The molecule has 0 bridgehead atoms. The van der Waals surface area contributed by atoms with Gasteiger partial charge < -0.3 is 20.1 Å². The van der Waals surface area contributed by atoms with Gasteiger partial charge in [0.1, 0.15) is 5.82 Å². The molecule has 1 aliphatic heterocycles. The van der Waals surface area contributed by atoms with Crippen molar-refractivity contribution in [3.8, 4) is 22.5 Å². The van der Waals surface area contributed by atoms with E-state index < -0.39 is 11.9 Å². The van der Waals surface area contributed by atoms with Crippen LogP contribution in [0.2, 0.25) is 0 Å². The molecule has 10 heteroatoms. The molecule has 1 unspecified atom stereocenters. The van der Waals surface area contributed by atoms with Crippen LogP contribution < -0.4 is 5.32 Å². The fourth-order valence-electron chi connectivity index (χ4n) is 4.36. The van der Waals surface area contributed by atoms with Crippen molar-refractivity contribution in [2.45, 2.75) is 38.1 Å². The summed E-state index contributed by atoms with van der Waals surface area (Å²) in [5, 5.41) is 10.7. The van der Waals surface area contributed by atoms with Gasteiger partial charge in [0, 0.05) is 47.8 Å². The summed E-state index contributed by atoms with van der Waals surface area (Å²) in [6.45, 7) is 3.51. The van der Waals surface area contributed by atoms with Gasteiger partial charge in [0.15, 0.2) is 5.76 Å². The maximum atomic E-state index is 14.2. The molecule has 1 amide bonds. The highest BCUT2D eigenvalue weighted by molar-refractivity contribution is 5.98. The number of nitrogens with one attached hydrogen (secondary N) is 2. The van der Waals surface area contributed by atoms with Gasteiger partial charge in [-0.25, -0.2) is 4.39 Å². The van der Waals surface area contributed by atoms with Gasteiger partial charge in [-0.15, -0.1) is 0 Å². The number of alkyl halides is 3. The second kappa shape index (κ2) is 13.3. The number of aromatic amines is 1. The highest BCUT2D eigenvalue weighted by atomic mass is 19.4. The number of fused-ring (bicyclic) bond motifs is 1.